The summed E-state index contributed by atoms with van der Waals surface area (Å²) in [5.41, 5.74) is 15.2. The fourth-order valence-corrected chi connectivity index (χ4v) is 8.77. The van der Waals surface area contributed by atoms with Crippen LogP contribution in [0.1, 0.15) is 0 Å². The van der Waals surface area contributed by atoms with Crippen molar-refractivity contribution in [2.45, 2.75) is 0 Å². The van der Waals surface area contributed by atoms with Gasteiger partial charge in [0.2, 0.25) is 0 Å². The lowest BCUT2D eigenvalue weighted by molar-refractivity contribution is 0.514. The van der Waals surface area contributed by atoms with Crippen LogP contribution in [0.4, 0.5) is 17.6 Å². The van der Waals surface area contributed by atoms with E-state index in [1.165, 1.54) is 12.1 Å². The van der Waals surface area contributed by atoms with Crippen molar-refractivity contribution in [3.63, 3.8) is 0 Å². The molecule has 0 aromatic heterocycles. The van der Waals surface area contributed by atoms with Crippen molar-refractivity contribution >= 4 is 0 Å². The van der Waals surface area contributed by atoms with Crippen LogP contribution in [0.5, 0.6) is 0 Å². The Balaban J connectivity index is 0.936. The monoisotopic (exact) mass is 832 g/mol. The molecule has 304 valence electrons. The minimum absolute atomic E-state index is 0.205. The summed E-state index contributed by atoms with van der Waals surface area (Å²) in [6.45, 7) is 0. The van der Waals surface area contributed by atoms with Gasteiger partial charge >= 0.3 is 0 Å². The van der Waals surface area contributed by atoms with E-state index in [0.29, 0.717) is 22.3 Å². The molecule has 10 aromatic carbocycles. The van der Waals surface area contributed by atoms with Gasteiger partial charge < -0.3 is 0 Å². The molecule has 0 spiro atoms. The summed E-state index contributed by atoms with van der Waals surface area (Å²) in [6.07, 6.45) is 0. The Morgan fingerprint density at radius 3 is 0.469 bits per heavy atom. The molecule has 38 rings (SSSR count). The molecule has 28 aliphatic carbocycles. The van der Waals surface area contributed by atoms with Gasteiger partial charge in [0.05, 0.1) is 0 Å². The highest BCUT2D eigenvalue weighted by molar-refractivity contribution is 5.80. The molecular formula is C60H36F4. The second kappa shape index (κ2) is 16.0. The van der Waals surface area contributed by atoms with Gasteiger partial charge in [0, 0.05) is 22.3 Å². The molecular weight excluding hydrogens is 797 g/mol. The predicted molar refractivity (Wildman–Crippen MR) is 254 cm³/mol. The third kappa shape index (κ3) is 7.19. The lowest BCUT2D eigenvalue weighted by atomic mass is 9.94. The zero-order valence-corrected chi connectivity index (χ0v) is 34.3. The molecule has 0 nitrogen and oxygen atoms in total. The van der Waals surface area contributed by atoms with Crippen LogP contribution in [0.25, 0.3) is 111 Å². The fraction of sp³-hybridized carbons (Fsp3) is 0. The first-order valence-electron chi connectivity index (χ1n) is 21.1. The smallest absolute Gasteiger partial charge is 0.167 e. The number of benzene rings is 10. The highest BCUT2D eigenvalue weighted by Gasteiger charge is 2.18. The largest absolute Gasteiger partial charge is 0.206 e. The first-order valence-corrected chi connectivity index (χ1v) is 21.1. The third-order valence-electron chi connectivity index (χ3n) is 12.5. The molecule has 0 fully saturated rings. The molecule has 0 saturated heterocycles. The van der Waals surface area contributed by atoms with Gasteiger partial charge in [0.15, 0.2) is 11.6 Å². The number of hydrogen-bond acceptors (Lipinski definition) is 0. The summed E-state index contributed by atoms with van der Waals surface area (Å²) < 4.78 is 62.9. The standard InChI is InChI=1S/C60H36F4/c61-57-36-56-52-31-23-48(24-32-52)44-15-7-40(8-16-44)38-3-11-42(12-4-38)46-19-27-50(28-20-46)54-34-33-53(59(63)60(54)64)49-25-17-45(18-26-49)41-9-1-37(2-10-41)39-5-13-43(14-6-39)47-21-29-51(30-22-47)55(57)35-58(56)62/h1-36H. The van der Waals surface area contributed by atoms with Crippen LogP contribution in [-0.4, -0.2) is 0 Å². The van der Waals surface area contributed by atoms with Crippen molar-refractivity contribution in [2.75, 3.05) is 0 Å². The molecule has 0 aliphatic heterocycles. The Bertz CT molecular complexity index is 2910. The molecule has 4 heteroatoms. The van der Waals surface area contributed by atoms with E-state index < -0.39 is 23.3 Å². The third-order valence-corrected chi connectivity index (χ3v) is 12.5. The summed E-state index contributed by atoms with van der Waals surface area (Å²) in [6, 6.07) is 68.7. The minimum atomic E-state index is -0.880. The molecule has 20 bridgehead atoms. The number of rotatable bonds is 0. The van der Waals surface area contributed by atoms with E-state index in [4.69, 9.17) is 0 Å². The van der Waals surface area contributed by atoms with Gasteiger partial charge in [-0.3, -0.25) is 0 Å². The van der Waals surface area contributed by atoms with Gasteiger partial charge in [-0.1, -0.05) is 206 Å². The van der Waals surface area contributed by atoms with E-state index in [0.717, 1.165) is 66.8 Å². The average molecular weight is 833 g/mol. The zero-order valence-electron chi connectivity index (χ0n) is 34.3. The molecule has 0 heterocycles. The molecule has 0 atom stereocenters. The van der Waals surface area contributed by atoms with Crippen LogP contribution in [-0.2, 0) is 0 Å². The van der Waals surface area contributed by atoms with Crippen molar-refractivity contribution < 1.29 is 17.6 Å². The van der Waals surface area contributed by atoms with Crippen LogP contribution in [0.15, 0.2) is 218 Å². The van der Waals surface area contributed by atoms with Crippen molar-refractivity contribution in [2.24, 2.45) is 0 Å². The summed E-state index contributed by atoms with van der Waals surface area (Å²) in [4.78, 5) is 0. The van der Waals surface area contributed by atoms with Crippen molar-refractivity contribution in [1.29, 1.82) is 0 Å². The first-order chi connectivity index (χ1) is 31.3. The van der Waals surface area contributed by atoms with Gasteiger partial charge in [-0.2, -0.15) is 0 Å². The molecule has 64 heavy (non-hydrogen) atoms. The van der Waals surface area contributed by atoms with E-state index in [1.54, 1.807) is 12.1 Å². The van der Waals surface area contributed by atoms with Crippen LogP contribution < -0.4 is 0 Å². The van der Waals surface area contributed by atoms with E-state index in [2.05, 4.69) is 48.5 Å². The summed E-state index contributed by atoms with van der Waals surface area (Å²) in [7, 11) is 0. The maximum absolute atomic E-state index is 15.7. The maximum atomic E-state index is 15.7. The Labute approximate surface area is 369 Å². The molecule has 10 aromatic rings. The SMILES string of the molecule is Fc1cc2c(F)cc1-c1ccc(cc1)-c1ccc(cc1)-c1ccc(cc1)-c1ccc(cc1)-c1ccc(c(F)c1F)-c1ccc(cc1)-c1ccc(cc1)-c1ccc(cc1)-c1ccc-2cc1. The molecule has 0 amide bonds. The Hall–Kier alpha value is -8.08. The molecule has 0 unspecified atom stereocenters. The minimum Gasteiger partial charge on any atom is -0.206 e. The Morgan fingerprint density at radius 2 is 0.297 bits per heavy atom. The summed E-state index contributed by atoms with van der Waals surface area (Å²) >= 11 is 0. The Morgan fingerprint density at radius 1 is 0.156 bits per heavy atom. The lowest BCUT2D eigenvalue weighted by Gasteiger charge is -2.12. The second-order valence-electron chi connectivity index (χ2n) is 16.2. The van der Waals surface area contributed by atoms with Crippen LogP contribution in [0, 0.1) is 23.3 Å². The van der Waals surface area contributed by atoms with Gasteiger partial charge in [-0.05, 0) is 101 Å². The lowest BCUT2D eigenvalue weighted by Crippen LogP contribution is -1.94. The van der Waals surface area contributed by atoms with Crippen molar-refractivity contribution in [1.82, 2.24) is 0 Å². The van der Waals surface area contributed by atoms with Crippen LogP contribution in [0.3, 0.4) is 0 Å². The van der Waals surface area contributed by atoms with E-state index in [9.17, 15) is 0 Å². The van der Waals surface area contributed by atoms with Gasteiger partial charge in [-0.25, -0.2) is 17.6 Å². The Kier molecular flexibility index (Phi) is 9.70. The second-order valence-corrected chi connectivity index (χ2v) is 16.2. The quantitative estimate of drug-likeness (QED) is 0.134. The topological polar surface area (TPSA) is 0 Å². The number of halogens is 4. The highest BCUT2D eigenvalue weighted by Crippen LogP contribution is 2.37. The summed E-state index contributed by atoms with van der Waals surface area (Å²) in [5, 5.41) is 0. The highest BCUT2D eigenvalue weighted by atomic mass is 19.2. The molecule has 28 aliphatic rings. The van der Waals surface area contributed by atoms with Gasteiger partial charge in [-0.15, -0.1) is 0 Å². The van der Waals surface area contributed by atoms with Crippen LogP contribution >= 0.6 is 0 Å². The fourth-order valence-electron chi connectivity index (χ4n) is 8.77. The van der Waals surface area contributed by atoms with Gasteiger partial charge in [0.1, 0.15) is 11.6 Å². The van der Waals surface area contributed by atoms with Crippen molar-refractivity contribution in [3.8, 4) is 111 Å². The molecule has 0 N–H and O–H groups in total. The summed E-state index contributed by atoms with van der Waals surface area (Å²) in [5.74, 6) is -2.74. The maximum Gasteiger partial charge on any atom is 0.167 e. The van der Waals surface area contributed by atoms with Crippen molar-refractivity contribution in [3.05, 3.63) is 242 Å². The van der Waals surface area contributed by atoms with Gasteiger partial charge in [0.25, 0.3) is 0 Å². The predicted octanol–water partition coefficient (Wildman–Crippen LogP) is 17.2. The average Bonchev–Trinajstić information content (AvgIpc) is 3.36. The van der Waals surface area contributed by atoms with E-state index >= 15 is 17.6 Å². The number of hydrogen-bond donors (Lipinski definition) is 0. The van der Waals surface area contributed by atoms with E-state index in [1.807, 2.05) is 146 Å². The molecule has 0 saturated carbocycles. The first kappa shape index (κ1) is 38.8. The normalized spacial score (nSPS) is 11.4. The molecule has 0 radical (unpaired) electrons. The van der Waals surface area contributed by atoms with E-state index in [-0.39, 0.29) is 22.3 Å². The zero-order chi connectivity index (χ0) is 43.3. The van der Waals surface area contributed by atoms with Crippen LogP contribution in [0.2, 0.25) is 0 Å².